The lowest BCUT2D eigenvalue weighted by atomic mass is 10.2. The summed E-state index contributed by atoms with van der Waals surface area (Å²) < 4.78 is 9.83. The van der Waals surface area contributed by atoms with Gasteiger partial charge in [0.1, 0.15) is 11.8 Å². The Bertz CT molecular complexity index is 398. The molecule has 5 heteroatoms. The molecule has 1 aliphatic rings. The van der Waals surface area contributed by atoms with Crippen molar-refractivity contribution in [2.24, 2.45) is 0 Å². The van der Waals surface area contributed by atoms with E-state index in [0.717, 1.165) is 24.3 Å². The molecule has 0 amide bonds. The van der Waals surface area contributed by atoms with E-state index < -0.39 is 0 Å². The molecule has 0 saturated heterocycles. The molecule has 5 nitrogen and oxygen atoms in total. The fourth-order valence-electron chi connectivity index (χ4n) is 1.97. The first kappa shape index (κ1) is 12.1. The van der Waals surface area contributed by atoms with E-state index in [-0.39, 0.29) is 12.0 Å². The van der Waals surface area contributed by atoms with Crippen molar-refractivity contribution in [3.8, 4) is 0 Å². The van der Waals surface area contributed by atoms with Gasteiger partial charge in [-0.15, -0.1) is 0 Å². The Morgan fingerprint density at radius 2 is 2.41 bits per heavy atom. The third kappa shape index (κ3) is 2.85. The van der Waals surface area contributed by atoms with E-state index in [9.17, 15) is 4.79 Å². The first-order chi connectivity index (χ1) is 8.11. The molecule has 1 aromatic heterocycles. The van der Waals surface area contributed by atoms with Crippen LogP contribution in [0.3, 0.4) is 0 Å². The molecular formula is C12H18N2O3. The van der Waals surface area contributed by atoms with E-state index in [1.807, 2.05) is 19.9 Å². The topological polar surface area (TPSA) is 55.6 Å². The lowest BCUT2D eigenvalue weighted by Crippen LogP contribution is -2.40. The summed E-state index contributed by atoms with van der Waals surface area (Å²) in [6, 6.07) is 2.14. The maximum absolute atomic E-state index is 11.6. The third-order valence-corrected chi connectivity index (χ3v) is 3.08. The molecule has 1 fully saturated rings. The second kappa shape index (κ2) is 4.87. The van der Waals surface area contributed by atoms with Crippen LogP contribution in [0.25, 0.3) is 0 Å². The quantitative estimate of drug-likeness (QED) is 0.728. The van der Waals surface area contributed by atoms with Crippen LogP contribution in [0.4, 0.5) is 0 Å². The SMILES string of the molecule is COC(=O)[C@@H](C)N(Cc1cc(C)on1)C1CC1. The lowest BCUT2D eigenvalue weighted by molar-refractivity contribution is -0.146. The number of carbonyl (C=O) groups is 1. The van der Waals surface area contributed by atoms with Gasteiger partial charge in [0.2, 0.25) is 0 Å². The summed E-state index contributed by atoms with van der Waals surface area (Å²) in [6.45, 7) is 4.37. The van der Waals surface area contributed by atoms with Gasteiger partial charge in [0.05, 0.1) is 12.8 Å². The number of rotatable bonds is 5. The molecule has 1 atom stereocenters. The average Bonchev–Trinajstić information content (AvgIpc) is 3.08. The van der Waals surface area contributed by atoms with Gasteiger partial charge < -0.3 is 9.26 Å². The summed E-state index contributed by atoms with van der Waals surface area (Å²) >= 11 is 0. The van der Waals surface area contributed by atoms with Crippen LogP contribution in [-0.4, -0.2) is 35.2 Å². The monoisotopic (exact) mass is 238 g/mol. The Kier molecular flexibility index (Phi) is 3.47. The van der Waals surface area contributed by atoms with Gasteiger partial charge in [0.15, 0.2) is 0 Å². The van der Waals surface area contributed by atoms with Crippen molar-refractivity contribution in [3.05, 3.63) is 17.5 Å². The van der Waals surface area contributed by atoms with Crippen molar-refractivity contribution in [2.45, 2.75) is 45.3 Å². The maximum Gasteiger partial charge on any atom is 0.322 e. The minimum Gasteiger partial charge on any atom is -0.468 e. The Hall–Kier alpha value is -1.36. The number of esters is 1. The highest BCUT2D eigenvalue weighted by Crippen LogP contribution is 2.30. The number of hydrogen-bond donors (Lipinski definition) is 0. The molecule has 0 radical (unpaired) electrons. The highest BCUT2D eigenvalue weighted by molar-refractivity contribution is 5.75. The fourth-order valence-corrected chi connectivity index (χ4v) is 1.97. The summed E-state index contributed by atoms with van der Waals surface area (Å²) in [7, 11) is 1.42. The standard InChI is InChI=1S/C12H18N2O3/c1-8-6-10(13-17-8)7-14(11-4-5-11)9(2)12(15)16-3/h6,9,11H,4-5,7H2,1-3H3/t9-/m1/s1. The third-order valence-electron chi connectivity index (χ3n) is 3.08. The van der Waals surface area contributed by atoms with Crippen LogP contribution in [0.2, 0.25) is 0 Å². The van der Waals surface area contributed by atoms with Gasteiger partial charge in [-0.05, 0) is 26.7 Å². The van der Waals surface area contributed by atoms with E-state index in [1.165, 1.54) is 7.11 Å². The van der Waals surface area contributed by atoms with Crippen LogP contribution in [0.1, 0.15) is 31.2 Å². The summed E-state index contributed by atoms with van der Waals surface area (Å²) in [4.78, 5) is 13.7. The van der Waals surface area contributed by atoms with Crippen LogP contribution in [0.15, 0.2) is 10.6 Å². The lowest BCUT2D eigenvalue weighted by Gasteiger charge is -2.25. The summed E-state index contributed by atoms with van der Waals surface area (Å²) in [6.07, 6.45) is 2.27. The van der Waals surface area contributed by atoms with Crippen molar-refractivity contribution in [1.29, 1.82) is 0 Å². The van der Waals surface area contributed by atoms with E-state index in [0.29, 0.717) is 12.6 Å². The van der Waals surface area contributed by atoms with Crippen LogP contribution in [0, 0.1) is 6.92 Å². The Labute approximate surface area is 101 Å². The van der Waals surface area contributed by atoms with Crippen LogP contribution < -0.4 is 0 Å². The summed E-state index contributed by atoms with van der Waals surface area (Å²) in [5.41, 5.74) is 0.866. The molecule has 1 saturated carbocycles. The molecule has 0 aliphatic heterocycles. The van der Waals surface area contributed by atoms with Gasteiger partial charge in [-0.2, -0.15) is 0 Å². The first-order valence-electron chi connectivity index (χ1n) is 5.87. The predicted molar refractivity (Wildman–Crippen MR) is 61.3 cm³/mol. The van der Waals surface area contributed by atoms with Gasteiger partial charge in [-0.1, -0.05) is 5.16 Å². The van der Waals surface area contributed by atoms with E-state index in [4.69, 9.17) is 9.26 Å². The Balaban J connectivity index is 2.04. The van der Waals surface area contributed by atoms with Gasteiger partial charge in [0, 0.05) is 18.7 Å². The number of hydrogen-bond acceptors (Lipinski definition) is 5. The molecule has 1 aliphatic carbocycles. The predicted octanol–water partition coefficient (Wildman–Crippen LogP) is 1.51. The van der Waals surface area contributed by atoms with Gasteiger partial charge in [0.25, 0.3) is 0 Å². The molecule has 0 N–H and O–H groups in total. The second-order valence-corrected chi connectivity index (χ2v) is 4.53. The maximum atomic E-state index is 11.6. The largest absolute Gasteiger partial charge is 0.468 e. The first-order valence-corrected chi connectivity index (χ1v) is 5.87. The van der Waals surface area contributed by atoms with Gasteiger partial charge in [-0.25, -0.2) is 0 Å². The zero-order valence-corrected chi connectivity index (χ0v) is 10.5. The van der Waals surface area contributed by atoms with Crippen molar-refractivity contribution in [1.82, 2.24) is 10.1 Å². The molecule has 94 valence electrons. The molecular weight excluding hydrogens is 220 g/mol. The number of methoxy groups -OCH3 is 1. The summed E-state index contributed by atoms with van der Waals surface area (Å²) in [5.74, 6) is 0.596. The molecule has 0 spiro atoms. The minimum absolute atomic E-state index is 0.197. The Morgan fingerprint density at radius 3 is 2.88 bits per heavy atom. The van der Waals surface area contributed by atoms with Crippen molar-refractivity contribution in [3.63, 3.8) is 0 Å². The van der Waals surface area contributed by atoms with Crippen LogP contribution >= 0.6 is 0 Å². The van der Waals surface area contributed by atoms with Gasteiger partial charge >= 0.3 is 5.97 Å². The zero-order valence-electron chi connectivity index (χ0n) is 10.5. The molecule has 1 aromatic rings. The highest BCUT2D eigenvalue weighted by atomic mass is 16.5. The van der Waals surface area contributed by atoms with Gasteiger partial charge in [-0.3, -0.25) is 9.69 Å². The Morgan fingerprint density at radius 1 is 1.71 bits per heavy atom. The second-order valence-electron chi connectivity index (χ2n) is 4.53. The smallest absolute Gasteiger partial charge is 0.322 e. The van der Waals surface area contributed by atoms with Crippen molar-refractivity contribution in [2.75, 3.05) is 7.11 Å². The molecule has 1 heterocycles. The molecule has 0 unspecified atom stereocenters. The highest BCUT2D eigenvalue weighted by Gasteiger charge is 2.35. The summed E-state index contributed by atoms with van der Waals surface area (Å²) in [5, 5.41) is 3.96. The molecule has 0 bridgehead atoms. The number of nitrogens with zero attached hydrogens (tertiary/aromatic N) is 2. The number of aryl methyl sites for hydroxylation is 1. The van der Waals surface area contributed by atoms with Crippen LogP contribution in [-0.2, 0) is 16.1 Å². The van der Waals surface area contributed by atoms with E-state index in [2.05, 4.69) is 10.1 Å². The molecule has 0 aromatic carbocycles. The molecule has 2 rings (SSSR count). The zero-order chi connectivity index (χ0) is 12.4. The minimum atomic E-state index is -0.232. The normalized spacial score (nSPS) is 17.2. The van der Waals surface area contributed by atoms with E-state index >= 15 is 0 Å². The van der Waals surface area contributed by atoms with Crippen molar-refractivity contribution < 1.29 is 14.1 Å². The van der Waals surface area contributed by atoms with E-state index in [1.54, 1.807) is 0 Å². The average molecular weight is 238 g/mol. The number of carbonyl (C=O) groups excluding carboxylic acids is 1. The molecule has 17 heavy (non-hydrogen) atoms. The van der Waals surface area contributed by atoms with Crippen LogP contribution in [0.5, 0.6) is 0 Å². The number of aromatic nitrogens is 1. The number of ether oxygens (including phenoxy) is 1. The fraction of sp³-hybridized carbons (Fsp3) is 0.667. The van der Waals surface area contributed by atoms with Crippen molar-refractivity contribution >= 4 is 5.97 Å².